The standard InChI is InChI=1S/C50H50N4O6/c1-31(30-58-3)54-49(56)47(48(55)51(2)50(54)57)44-34(22-24-40-38-16-4-10-32-12-6-18-42(45(32)38)52(40)28-36-14-8-26-59-36)20-21-35(44)23-25-41-39-17-5-11-33-13-7-19-43(46(33)39)53(41)29-37-15-9-27-60-37/h4-7,10-13,16-19,22-25,31,36-37H,8-9,14-15,20-21,26-30H2,1-3H3. The van der Waals surface area contributed by atoms with Crippen molar-refractivity contribution in [3.8, 4) is 0 Å². The second-order valence-electron chi connectivity index (χ2n) is 16.7. The normalized spacial score (nSPS) is 23.0. The number of methoxy groups -OCH3 is 1. The van der Waals surface area contributed by atoms with Crippen molar-refractivity contribution in [2.75, 3.05) is 34.0 Å². The number of aromatic nitrogens is 2. The summed E-state index contributed by atoms with van der Waals surface area (Å²) in [6.45, 7) is 4.91. The van der Waals surface area contributed by atoms with Crippen LogP contribution in [-0.4, -0.2) is 89.0 Å². The predicted molar refractivity (Wildman–Crippen MR) is 235 cm³/mol. The van der Waals surface area contributed by atoms with Gasteiger partial charge in [-0.25, -0.2) is 4.79 Å². The van der Waals surface area contributed by atoms with E-state index in [2.05, 4.69) is 106 Å². The molecule has 0 bridgehead atoms. The van der Waals surface area contributed by atoms with E-state index >= 15 is 0 Å². The maximum Gasteiger partial charge on any atom is 0.334 e. The molecule has 4 amide bonds. The Bertz CT molecular complexity index is 2750. The van der Waals surface area contributed by atoms with E-state index in [1.165, 1.54) is 40.6 Å². The van der Waals surface area contributed by atoms with E-state index in [-0.39, 0.29) is 24.4 Å². The highest BCUT2D eigenvalue weighted by atomic mass is 16.5. The van der Waals surface area contributed by atoms with Crippen LogP contribution in [0.5, 0.6) is 0 Å². The number of nitrogens with zero attached hydrogens (tertiary/aromatic N) is 4. The Hall–Kier alpha value is -5.81. The van der Waals surface area contributed by atoms with E-state index in [0.29, 0.717) is 18.4 Å². The highest BCUT2D eigenvalue weighted by Gasteiger charge is 2.45. The van der Waals surface area contributed by atoms with E-state index in [1.807, 2.05) is 0 Å². The third-order valence-corrected chi connectivity index (χ3v) is 13.0. The molecule has 10 rings (SSSR count). The summed E-state index contributed by atoms with van der Waals surface area (Å²) in [7, 11) is 2.99. The topological polar surface area (TPSA) is 95.2 Å². The largest absolute Gasteiger partial charge is 0.383 e. The van der Waals surface area contributed by atoms with Crippen LogP contribution in [0.25, 0.3) is 55.5 Å². The predicted octanol–water partition coefficient (Wildman–Crippen LogP) is 7.36. The number of carbonyl (C=O) groups is 3. The maximum absolute atomic E-state index is 14.7. The summed E-state index contributed by atoms with van der Waals surface area (Å²) in [4.78, 5) is 44.8. The van der Waals surface area contributed by atoms with Crippen LogP contribution in [0.2, 0.25) is 0 Å². The molecule has 5 heterocycles. The minimum absolute atomic E-state index is 0.00731. The van der Waals surface area contributed by atoms with Crippen molar-refractivity contribution in [1.29, 1.82) is 0 Å². The van der Waals surface area contributed by atoms with Crippen LogP contribution in [0, 0.1) is 0 Å². The number of likely N-dealkylation sites (N-methyl/N-ethyl adjacent to an activating group) is 1. The molecular formula is C50H50N4O6. The van der Waals surface area contributed by atoms with Crippen LogP contribution in [0.15, 0.2) is 107 Å². The number of carbonyl (C=O) groups excluding carboxylic acids is 3. The van der Waals surface area contributed by atoms with Gasteiger partial charge in [0.1, 0.15) is 5.57 Å². The fourth-order valence-corrected chi connectivity index (χ4v) is 10.2. The molecule has 0 N–H and O–H groups in total. The van der Waals surface area contributed by atoms with Crippen LogP contribution in [0.1, 0.15) is 45.4 Å². The number of allylic oxidation sites excluding steroid dienone is 5. The van der Waals surface area contributed by atoms with E-state index in [4.69, 9.17) is 14.2 Å². The molecule has 60 heavy (non-hydrogen) atoms. The van der Waals surface area contributed by atoms with Crippen molar-refractivity contribution in [3.63, 3.8) is 0 Å². The van der Waals surface area contributed by atoms with Crippen molar-refractivity contribution < 1.29 is 28.6 Å². The van der Waals surface area contributed by atoms with Crippen LogP contribution in [-0.2, 0) is 36.9 Å². The van der Waals surface area contributed by atoms with Crippen LogP contribution < -0.4 is 10.7 Å². The molecule has 4 fully saturated rings. The number of barbiturate groups is 1. The summed E-state index contributed by atoms with van der Waals surface area (Å²) in [5.41, 5.74) is 4.65. The van der Waals surface area contributed by atoms with Crippen LogP contribution in [0.4, 0.5) is 4.79 Å². The molecule has 1 saturated carbocycles. The molecule has 0 radical (unpaired) electrons. The molecule has 10 heteroatoms. The fraction of sp³-hybridized carbons (Fsp3) is 0.340. The maximum atomic E-state index is 14.7. The number of rotatable bonds is 9. The first kappa shape index (κ1) is 38.4. The lowest BCUT2D eigenvalue weighted by Gasteiger charge is -2.36. The molecule has 3 unspecified atom stereocenters. The molecule has 4 aliphatic rings. The number of ether oxygens (including phenoxy) is 3. The third-order valence-electron chi connectivity index (χ3n) is 13.0. The first-order chi connectivity index (χ1) is 29.3. The Morgan fingerprint density at radius 2 is 1.18 bits per heavy atom. The van der Waals surface area contributed by atoms with E-state index < -0.39 is 23.9 Å². The Kier molecular flexibility index (Phi) is 10.0. The third kappa shape index (κ3) is 6.40. The summed E-state index contributed by atoms with van der Waals surface area (Å²) >= 11 is 0. The smallest absolute Gasteiger partial charge is 0.334 e. The molecule has 3 atom stereocenters. The molecule has 10 nitrogen and oxygen atoms in total. The lowest BCUT2D eigenvalue weighted by atomic mass is 9.94. The summed E-state index contributed by atoms with van der Waals surface area (Å²) in [6.07, 6.45) is 14.1. The van der Waals surface area contributed by atoms with E-state index in [1.54, 1.807) is 6.92 Å². The Morgan fingerprint density at radius 3 is 1.65 bits per heavy atom. The number of urea groups is 1. The minimum atomic E-state index is -0.652. The number of benzene rings is 4. The number of hydrogen-bond donors (Lipinski definition) is 0. The first-order valence-electron chi connectivity index (χ1n) is 21.4. The van der Waals surface area contributed by atoms with E-state index in [9.17, 15) is 14.4 Å². The summed E-state index contributed by atoms with van der Waals surface area (Å²) in [5.74, 6) is -1.20. The number of imide groups is 2. The lowest BCUT2D eigenvalue weighted by Crippen LogP contribution is -2.58. The molecule has 4 aromatic carbocycles. The zero-order valence-electron chi connectivity index (χ0n) is 34.5. The monoisotopic (exact) mass is 802 g/mol. The van der Waals surface area contributed by atoms with Crippen molar-refractivity contribution in [2.24, 2.45) is 0 Å². The Labute approximate surface area is 348 Å². The molecule has 306 valence electrons. The zero-order valence-corrected chi connectivity index (χ0v) is 34.5. The quantitative estimate of drug-likeness (QED) is 0.112. The SMILES string of the molecule is COCC(C)N1C(=O)C(=C2C(=CC=c3c4cccc5cccc(c54)n3CC3CCCO3)CCC2=CC=c2c3cccc4cccc(c43)n2CC2CCCO2)C(=O)N(C)C1=O. The van der Waals surface area contributed by atoms with Crippen molar-refractivity contribution in [2.45, 2.75) is 76.8 Å². The highest BCUT2D eigenvalue weighted by Crippen LogP contribution is 2.40. The van der Waals surface area contributed by atoms with Crippen molar-refractivity contribution >= 4 is 73.3 Å². The van der Waals surface area contributed by atoms with Gasteiger partial charge in [-0.05, 0) is 97.2 Å². The average molecular weight is 803 g/mol. The second-order valence-corrected chi connectivity index (χ2v) is 16.7. The van der Waals surface area contributed by atoms with Gasteiger partial charge in [0.25, 0.3) is 11.8 Å². The van der Waals surface area contributed by atoms with Gasteiger partial charge in [0.2, 0.25) is 0 Å². The van der Waals surface area contributed by atoms with E-state index in [0.717, 1.165) is 101 Å². The summed E-state index contributed by atoms with van der Waals surface area (Å²) in [5, 5.41) is 9.16. The van der Waals surface area contributed by atoms with Gasteiger partial charge in [0.05, 0.1) is 24.9 Å². The zero-order chi connectivity index (χ0) is 41.1. The first-order valence-corrected chi connectivity index (χ1v) is 21.4. The minimum Gasteiger partial charge on any atom is -0.383 e. The number of hydrogen-bond acceptors (Lipinski definition) is 6. The Morgan fingerprint density at radius 1 is 0.683 bits per heavy atom. The highest BCUT2D eigenvalue weighted by molar-refractivity contribution is 6.30. The molecule has 3 saturated heterocycles. The summed E-state index contributed by atoms with van der Waals surface area (Å²) in [6, 6.07) is 24.5. The molecular weight excluding hydrogens is 753 g/mol. The molecule has 1 aliphatic carbocycles. The van der Waals surface area contributed by atoms with Crippen LogP contribution in [0.3, 0.4) is 0 Å². The van der Waals surface area contributed by atoms with Gasteiger partial charge in [0.15, 0.2) is 0 Å². The van der Waals surface area contributed by atoms with Crippen LogP contribution >= 0.6 is 0 Å². The molecule has 6 aromatic rings. The average Bonchev–Trinajstić information content (AvgIpc) is 4.12. The number of amides is 4. The Balaban J connectivity index is 1.19. The van der Waals surface area contributed by atoms with Gasteiger partial charge < -0.3 is 23.3 Å². The van der Waals surface area contributed by atoms with Gasteiger partial charge in [-0.2, -0.15) is 0 Å². The van der Waals surface area contributed by atoms with Gasteiger partial charge in [-0.15, -0.1) is 0 Å². The molecule has 0 spiro atoms. The van der Waals surface area contributed by atoms with Gasteiger partial charge in [0, 0.05) is 83.7 Å². The lowest BCUT2D eigenvalue weighted by molar-refractivity contribution is -0.137. The second kappa shape index (κ2) is 15.7. The van der Waals surface area contributed by atoms with Gasteiger partial charge >= 0.3 is 6.03 Å². The van der Waals surface area contributed by atoms with Crippen molar-refractivity contribution in [3.05, 3.63) is 118 Å². The van der Waals surface area contributed by atoms with Crippen molar-refractivity contribution in [1.82, 2.24) is 18.9 Å². The summed E-state index contributed by atoms with van der Waals surface area (Å²) < 4.78 is 22.4. The molecule has 3 aliphatic heterocycles. The van der Waals surface area contributed by atoms with Gasteiger partial charge in [-0.3, -0.25) is 19.4 Å². The van der Waals surface area contributed by atoms with Gasteiger partial charge in [-0.1, -0.05) is 72.8 Å². The fourth-order valence-electron chi connectivity index (χ4n) is 10.2. The molecule has 2 aromatic heterocycles.